The van der Waals surface area contributed by atoms with Crippen LogP contribution in [0.5, 0.6) is 5.75 Å². The molecule has 0 atom stereocenters. The number of phenolic OH excluding ortho intramolecular Hbond substituents is 1. The average Bonchev–Trinajstić information content (AvgIpc) is 2.42. The second-order valence-corrected chi connectivity index (χ2v) is 6.82. The number of halogens is 2. The molecular weight excluding hydrogens is 321 g/mol. The maximum absolute atomic E-state index is 12.5. The smallest absolute Gasteiger partial charge is 0.267 e. The van der Waals surface area contributed by atoms with Gasteiger partial charge in [0.1, 0.15) is 4.90 Å². The van der Waals surface area contributed by atoms with Crippen molar-refractivity contribution < 1.29 is 13.5 Å². The van der Waals surface area contributed by atoms with Crippen LogP contribution in [0.3, 0.4) is 0 Å². The Morgan fingerprint density at radius 3 is 2.30 bits per heavy atom. The van der Waals surface area contributed by atoms with Gasteiger partial charge in [-0.1, -0.05) is 41.4 Å². The highest BCUT2D eigenvalue weighted by atomic mass is 35.5. The Balaban J connectivity index is 2.57. The second kappa shape index (κ2) is 5.52. The van der Waals surface area contributed by atoms with E-state index < -0.39 is 15.8 Å². The van der Waals surface area contributed by atoms with E-state index >= 15 is 0 Å². The van der Waals surface area contributed by atoms with E-state index in [1.54, 1.807) is 30.3 Å². The van der Waals surface area contributed by atoms with Crippen LogP contribution in [0.1, 0.15) is 0 Å². The third-order valence-corrected chi connectivity index (χ3v) is 5.06. The molecule has 1 N–H and O–H groups in total. The number of para-hydroxylation sites is 1. The van der Waals surface area contributed by atoms with Crippen LogP contribution < -0.4 is 4.31 Å². The monoisotopic (exact) mass is 331 g/mol. The molecule has 0 unspecified atom stereocenters. The quantitative estimate of drug-likeness (QED) is 0.935. The van der Waals surface area contributed by atoms with E-state index in [4.69, 9.17) is 23.2 Å². The van der Waals surface area contributed by atoms with Crippen LogP contribution >= 0.6 is 23.2 Å². The number of benzene rings is 2. The van der Waals surface area contributed by atoms with Gasteiger partial charge >= 0.3 is 0 Å². The molecule has 20 heavy (non-hydrogen) atoms. The van der Waals surface area contributed by atoms with Gasteiger partial charge in [0.25, 0.3) is 10.0 Å². The SMILES string of the molecule is CN(c1ccccc1)S(=O)(=O)c1cc(Cl)cc(Cl)c1O. The van der Waals surface area contributed by atoms with Gasteiger partial charge in [-0.2, -0.15) is 0 Å². The molecule has 0 radical (unpaired) electrons. The van der Waals surface area contributed by atoms with Crippen molar-refractivity contribution in [3.8, 4) is 5.75 Å². The van der Waals surface area contributed by atoms with Gasteiger partial charge < -0.3 is 5.11 Å². The highest BCUT2D eigenvalue weighted by molar-refractivity contribution is 7.93. The summed E-state index contributed by atoms with van der Waals surface area (Å²) in [5.41, 5.74) is 0.461. The molecule has 0 fully saturated rings. The van der Waals surface area contributed by atoms with Crippen molar-refractivity contribution in [1.29, 1.82) is 0 Å². The third-order valence-electron chi connectivity index (χ3n) is 2.75. The Hall–Kier alpha value is -1.43. The van der Waals surface area contributed by atoms with Crippen molar-refractivity contribution in [2.75, 3.05) is 11.4 Å². The summed E-state index contributed by atoms with van der Waals surface area (Å²) in [6.07, 6.45) is 0. The molecular formula is C13H11Cl2NO3S. The predicted octanol–water partition coefficient (Wildman–Crippen LogP) is 3.52. The number of sulfonamides is 1. The summed E-state index contributed by atoms with van der Waals surface area (Å²) in [5, 5.41) is 9.88. The van der Waals surface area contributed by atoms with Crippen molar-refractivity contribution >= 4 is 38.9 Å². The molecule has 0 saturated carbocycles. The number of rotatable bonds is 3. The molecule has 0 spiro atoms. The first-order chi connectivity index (χ1) is 9.34. The van der Waals surface area contributed by atoms with Gasteiger partial charge in [0.05, 0.1) is 10.7 Å². The highest BCUT2D eigenvalue weighted by Crippen LogP contribution is 2.36. The summed E-state index contributed by atoms with van der Waals surface area (Å²) in [6, 6.07) is 10.9. The molecule has 2 aromatic rings. The van der Waals surface area contributed by atoms with Gasteiger partial charge in [-0.25, -0.2) is 8.42 Å². The molecule has 0 amide bonds. The molecule has 2 aromatic carbocycles. The lowest BCUT2D eigenvalue weighted by Crippen LogP contribution is -2.26. The Labute approximate surface area is 127 Å². The van der Waals surface area contributed by atoms with E-state index in [1.165, 1.54) is 13.1 Å². The number of hydrogen-bond acceptors (Lipinski definition) is 3. The Kier molecular flexibility index (Phi) is 4.13. The Morgan fingerprint density at radius 1 is 1.10 bits per heavy atom. The third kappa shape index (κ3) is 2.70. The molecule has 0 aliphatic heterocycles. The first kappa shape index (κ1) is 15.0. The van der Waals surface area contributed by atoms with Crippen LogP contribution in [0.15, 0.2) is 47.4 Å². The Morgan fingerprint density at radius 2 is 1.70 bits per heavy atom. The van der Waals surface area contributed by atoms with E-state index in [1.807, 2.05) is 0 Å². The van der Waals surface area contributed by atoms with Crippen molar-refractivity contribution in [3.05, 3.63) is 52.5 Å². The lowest BCUT2D eigenvalue weighted by Gasteiger charge is -2.20. The second-order valence-electron chi connectivity index (χ2n) is 4.04. The first-order valence-corrected chi connectivity index (χ1v) is 7.75. The van der Waals surface area contributed by atoms with Gasteiger partial charge in [-0.3, -0.25) is 4.31 Å². The zero-order valence-corrected chi connectivity index (χ0v) is 12.7. The number of aromatic hydroxyl groups is 1. The van der Waals surface area contributed by atoms with Crippen molar-refractivity contribution in [1.82, 2.24) is 0 Å². The molecule has 2 rings (SSSR count). The summed E-state index contributed by atoms with van der Waals surface area (Å²) in [7, 11) is -2.57. The van der Waals surface area contributed by atoms with Crippen LogP contribution in [-0.2, 0) is 10.0 Å². The zero-order valence-electron chi connectivity index (χ0n) is 10.4. The van der Waals surface area contributed by atoms with Gasteiger partial charge in [0.2, 0.25) is 0 Å². The zero-order chi connectivity index (χ0) is 14.9. The van der Waals surface area contributed by atoms with Crippen LogP contribution in [0.4, 0.5) is 5.69 Å². The van der Waals surface area contributed by atoms with Crippen LogP contribution in [-0.4, -0.2) is 20.6 Å². The fourth-order valence-corrected chi connectivity index (χ4v) is 3.60. The number of phenols is 1. The van der Waals surface area contributed by atoms with Gasteiger partial charge in [-0.05, 0) is 24.3 Å². The van der Waals surface area contributed by atoms with Crippen molar-refractivity contribution in [2.24, 2.45) is 0 Å². The minimum absolute atomic E-state index is 0.113. The fourth-order valence-electron chi connectivity index (χ4n) is 1.66. The predicted molar refractivity (Wildman–Crippen MR) is 80.2 cm³/mol. The number of hydrogen-bond donors (Lipinski definition) is 1. The van der Waals surface area contributed by atoms with E-state index in [9.17, 15) is 13.5 Å². The molecule has 0 bridgehead atoms. The molecule has 106 valence electrons. The molecule has 0 aromatic heterocycles. The fraction of sp³-hybridized carbons (Fsp3) is 0.0769. The maximum atomic E-state index is 12.5. The average molecular weight is 332 g/mol. The summed E-state index contributed by atoms with van der Waals surface area (Å²) in [5.74, 6) is -0.515. The molecule has 0 saturated heterocycles. The Bertz CT molecular complexity index is 733. The molecule has 0 heterocycles. The van der Waals surface area contributed by atoms with Gasteiger partial charge in [-0.15, -0.1) is 0 Å². The molecule has 4 nitrogen and oxygen atoms in total. The van der Waals surface area contributed by atoms with Crippen molar-refractivity contribution in [2.45, 2.75) is 4.90 Å². The van der Waals surface area contributed by atoms with Crippen molar-refractivity contribution in [3.63, 3.8) is 0 Å². The largest absolute Gasteiger partial charge is 0.505 e. The minimum atomic E-state index is -3.95. The summed E-state index contributed by atoms with van der Waals surface area (Å²) in [6.45, 7) is 0. The lowest BCUT2D eigenvalue weighted by atomic mass is 10.3. The van der Waals surface area contributed by atoms with Gasteiger partial charge in [0, 0.05) is 12.1 Å². The molecule has 0 aliphatic rings. The van der Waals surface area contributed by atoms with Crippen LogP contribution in [0.2, 0.25) is 10.0 Å². The normalized spacial score (nSPS) is 11.3. The van der Waals surface area contributed by atoms with E-state index in [-0.39, 0.29) is 14.9 Å². The standard InChI is InChI=1S/C13H11Cl2NO3S/c1-16(10-5-3-2-4-6-10)20(18,19)12-8-9(14)7-11(15)13(12)17/h2-8,17H,1H3. The van der Waals surface area contributed by atoms with E-state index in [0.29, 0.717) is 5.69 Å². The summed E-state index contributed by atoms with van der Waals surface area (Å²) in [4.78, 5) is -0.332. The number of anilines is 1. The van der Waals surface area contributed by atoms with E-state index in [0.717, 1.165) is 10.4 Å². The summed E-state index contributed by atoms with van der Waals surface area (Å²) < 4.78 is 26.1. The summed E-state index contributed by atoms with van der Waals surface area (Å²) >= 11 is 11.6. The number of nitrogens with zero attached hydrogens (tertiary/aromatic N) is 1. The topological polar surface area (TPSA) is 57.6 Å². The van der Waals surface area contributed by atoms with Gasteiger partial charge in [0.15, 0.2) is 5.75 Å². The molecule has 7 heteroatoms. The maximum Gasteiger partial charge on any atom is 0.267 e. The van der Waals surface area contributed by atoms with Crippen LogP contribution in [0, 0.1) is 0 Å². The first-order valence-electron chi connectivity index (χ1n) is 5.56. The highest BCUT2D eigenvalue weighted by Gasteiger charge is 2.26. The lowest BCUT2D eigenvalue weighted by molar-refractivity contribution is 0.459. The van der Waals surface area contributed by atoms with E-state index in [2.05, 4.69) is 0 Å². The molecule has 0 aliphatic carbocycles. The minimum Gasteiger partial charge on any atom is -0.505 e. The van der Waals surface area contributed by atoms with Crippen LogP contribution in [0.25, 0.3) is 0 Å².